The molecule has 0 bridgehead atoms. The summed E-state index contributed by atoms with van der Waals surface area (Å²) in [4.78, 5) is 13.6. The smallest absolute Gasteiger partial charge is 0.410 e. The van der Waals surface area contributed by atoms with Crippen molar-refractivity contribution in [2.24, 2.45) is 0 Å². The maximum absolute atomic E-state index is 12.0. The van der Waals surface area contributed by atoms with Gasteiger partial charge in [-0.05, 0) is 33.8 Å². The summed E-state index contributed by atoms with van der Waals surface area (Å²) in [5.74, 6) is -0.252. The number of phenolic OH excluding ortho intramolecular Hbond substituents is 2. The number of para-hydroxylation sites is 1. The minimum atomic E-state index is -0.509. The number of nitrogens with zero attached hydrogens (tertiary/aromatic N) is 1. The zero-order valence-electron chi connectivity index (χ0n) is 13.7. The molecule has 0 spiro atoms. The summed E-state index contributed by atoms with van der Waals surface area (Å²) in [6, 6.07) is 4.83. The molecule has 22 heavy (non-hydrogen) atoms. The van der Waals surface area contributed by atoms with Crippen LogP contribution in [0.5, 0.6) is 11.5 Å². The van der Waals surface area contributed by atoms with E-state index in [1.807, 2.05) is 27.7 Å². The van der Waals surface area contributed by atoms with Crippen molar-refractivity contribution in [3.05, 3.63) is 23.8 Å². The molecule has 1 aromatic carbocycles. The Bertz CT molecular complexity index is 497. The molecule has 0 saturated heterocycles. The summed E-state index contributed by atoms with van der Waals surface area (Å²) in [7, 11) is 0. The fourth-order valence-electron chi connectivity index (χ4n) is 1.86. The number of nitrogens with one attached hydrogen (secondary N) is 1. The molecule has 1 rings (SSSR count). The highest BCUT2D eigenvalue weighted by atomic mass is 16.6. The minimum Gasteiger partial charge on any atom is -0.504 e. The first-order chi connectivity index (χ1) is 10.2. The van der Waals surface area contributed by atoms with Gasteiger partial charge in [-0.25, -0.2) is 4.79 Å². The molecule has 0 fully saturated rings. The third-order valence-electron chi connectivity index (χ3n) is 3.01. The van der Waals surface area contributed by atoms with E-state index < -0.39 is 5.60 Å². The van der Waals surface area contributed by atoms with Crippen molar-refractivity contribution in [2.45, 2.75) is 39.8 Å². The van der Waals surface area contributed by atoms with Crippen LogP contribution in [-0.4, -0.2) is 46.4 Å². The Hall–Kier alpha value is -1.95. The molecular weight excluding hydrogens is 284 g/mol. The third-order valence-corrected chi connectivity index (χ3v) is 3.01. The zero-order chi connectivity index (χ0) is 16.8. The number of carbonyl (C=O) groups is 1. The first kappa shape index (κ1) is 18.1. The van der Waals surface area contributed by atoms with Gasteiger partial charge >= 0.3 is 6.09 Å². The molecular formula is C16H26N2O4. The Labute approximate surface area is 131 Å². The molecule has 1 aromatic rings. The normalized spacial score (nSPS) is 11.3. The van der Waals surface area contributed by atoms with Gasteiger partial charge in [-0.3, -0.25) is 0 Å². The minimum absolute atomic E-state index is 0.116. The van der Waals surface area contributed by atoms with Gasteiger partial charge in [0.25, 0.3) is 0 Å². The number of ether oxygens (including phenoxy) is 1. The molecule has 0 radical (unpaired) electrons. The van der Waals surface area contributed by atoms with Crippen LogP contribution < -0.4 is 5.32 Å². The summed E-state index contributed by atoms with van der Waals surface area (Å²) in [6.07, 6.45) is -0.336. The number of benzene rings is 1. The first-order valence-electron chi connectivity index (χ1n) is 7.43. The van der Waals surface area contributed by atoms with Crippen molar-refractivity contribution in [1.29, 1.82) is 0 Å². The fourth-order valence-corrected chi connectivity index (χ4v) is 1.86. The monoisotopic (exact) mass is 310 g/mol. The summed E-state index contributed by atoms with van der Waals surface area (Å²) in [5.41, 5.74) is 0.103. The predicted molar refractivity (Wildman–Crippen MR) is 85.0 cm³/mol. The number of likely N-dealkylation sites (N-methyl/N-ethyl adjacent to an activating group) is 1. The van der Waals surface area contributed by atoms with E-state index in [1.54, 1.807) is 17.0 Å². The van der Waals surface area contributed by atoms with Crippen molar-refractivity contribution in [2.75, 3.05) is 19.6 Å². The van der Waals surface area contributed by atoms with Crippen molar-refractivity contribution < 1.29 is 19.7 Å². The average molecular weight is 310 g/mol. The quantitative estimate of drug-likeness (QED) is 0.555. The van der Waals surface area contributed by atoms with Gasteiger partial charge in [0.1, 0.15) is 5.60 Å². The molecule has 0 aliphatic heterocycles. The highest BCUT2D eigenvalue weighted by molar-refractivity contribution is 5.68. The SMILES string of the molecule is CCN(CCNCc1cccc(O)c1O)C(=O)OC(C)(C)C. The standard InChI is InChI=1S/C16H26N2O4/c1-5-18(15(21)22-16(2,3)4)10-9-17-11-12-7-6-8-13(19)14(12)20/h6-8,17,19-20H,5,9-11H2,1-4H3. The van der Waals surface area contributed by atoms with Crippen LogP contribution in [0.3, 0.4) is 0 Å². The van der Waals surface area contributed by atoms with E-state index in [0.717, 1.165) is 0 Å². The summed E-state index contributed by atoms with van der Waals surface area (Å²) < 4.78 is 5.33. The number of phenols is 2. The Morgan fingerprint density at radius 2 is 2.00 bits per heavy atom. The largest absolute Gasteiger partial charge is 0.504 e. The van der Waals surface area contributed by atoms with Crippen molar-refractivity contribution >= 4 is 6.09 Å². The average Bonchev–Trinajstić information content (AvgIpc) is 2.41. The van der Waals surface area contributed by atoms with E-state index in [-0.39, 0.29) is 17.6 Å². The second-order valence-corrected chi connectivity index (χ2v) is 6.02. The van der Waals surface area contributed by atoms with E-state index in [1.165, 1.54) is 6.07 Å². The van der Waals surface area contributed by atoms with Crippen LogP contribution in [0.1, 0.15) is 33.3 Å². The van der Waals surface area contributed by atoms with Gasteiger partial charge < -0.3 is 25.2 Å². The zero-order valence-corrected chi connectivity index (χ0v) is 13.7. The van der Waals surface area contributed by atoms with Crippen LogP contribution in [0.25, 0.3) is 0 Å². The molecule has 0 aliphatic carbocycles. The van der Waals surface area contributed by atoms with Gasteiger partial charge in [0.2, 0.25) is 0 Å². The molecule has 0 aromatic heterocycles. The van der Waals surface area contributed by atoms with Crippen LogP contribution in [0.2, 0.25) is 0 Å². The number of hydrogen-bond donors (Lipinski definition) is 3. The number of rotatable bonds is 6. The maximum Gasteiger partial charge on any atom is 0.410 e. The van der Waals surface area contributed by atoms with Crippen molar-refractivity contribution in [3.63, 3.8) is 0 Å². The van der Waals surface area contributed by atoms with Crippen LogP contribution in [-0.2, 0) is 11.3 Å². The molecule has 6 heteroatoms. The Balaban J connectivity index is 2.42. The molecule has 1 amide bonds. The Kier molecular flexibility index (Phi) is 6.49. The third kappa shape index (κ3) is 5.81. The lowest BCUT2D eigenvalue weighted by Crippen LogP contribution is -2.40. The van der Waals surface area contributed by atoms with Crippen LogP contribution in [0.15, 0.2) is 18.2 Å². The first-order valence-corrected chi connectivity index (χ1v) is 7.43. The second-order valence-electron chi connectivity index (χ2n) is 6.02. The van der Waals surface area contributed by atoms with Gasteiger partial charge in [0.15, 0.2) is 11.5 Å². The van der Waals surface area contributed by atoms with Crippen LogP contribution in [0.4, 0.5) is 4.79 Å². The highest BCUT2D eigenvalue weighted by Crippen LogP contribution is 2.27. The van der Waals surface area contributed by atoms with Gasteiger partial charge in [0.05, 0.1) is 0 Å². The molecule has 0 heterocycles. The van der Waals surface area contributed by atoms with E-state index in [9.17, 15) is 15.0 Å². The lowest BCUT2D eigenvalue weighted by atomic mass is 10.2. The molecule has 124 valence electrons. The summed E-state index contributed by atoms with van der Waals surface area (Å²) in [5, 5.41) is 22.2. The predicted octanol–water partition coefficient (Wildman–Crippen LogP) is 2.44. The highest BCUT2D eigenvalue weighted by Gasteiger charge is 2.20. The topological polar surface area (TPSA) is 82.0 Å². The summed E-state index contributed by atoms with van der Waals surface area (Å²) in [6.45, 7) is 9.43. The van der Waals surface area contributed by atoms with E-state index >= 15 is 0 Å². The second kappa shape index (κ2) is 7.89. The van der Waals surface area contributed by atoms with Crippen LogP contribution in [0, 0.1) is 0 Å². The van der Waals surface area contributed by atoms with Gasteiger partial charge in [-0.1, -0.05) is 12.1 Å². The molecule has 0 aliphatic rings. The molecule has 3 N–H and O–H groups in total. The summed E-state index contributed by atoms with van der Waals surface area (Å²) >= 11 is 0. The van der Waals surface area contributed by atoms with E-state index in [4.69, 9.17) is 4.74 Å². The van der Waals surface area contributed by atoms with Crippen molar-refractivity contribution in [3.8, 4) is 11.5 Å². The van der Waals surface area contributed by atoms with Crippen molar-refractivity contribution in [1.82, 2.24) is 10.2 Å². The van der Waals surface area contributed by atoms with Crippen LogP contribution >= 0.6 is 0 Å². The van der Waals surface area contributed by atoms with Gasteiger partial charge in [-0.15, -0.1) is 0 Å². The molecule has 0 atom stereocenters. The van der Waals surface area contributed by atoms with E-state index in [2.05, 4.69) is 5.32 Å². The number of carbonyl (C=O) groups excluding carboxylic acids is 1. The van der Waals surface area contributed by atoms with Gasteiger partial charge in [0, 0.05) is 31.7 Å². The number of hydrogen-bond acceptors (Lipinski definition) is 5. The Morgan fingerprint density at radius 3 is 2.59 bits per heavy atom. The van der Waals surface area contributed by atoms with E-state index in [0.29, 0.717) is 31.7 Å². The molecule has 6 nitrogen and oxygen atoms in total. The molecule has 0 unspecified atom stereocenters. The fraction of sp³-hybridized carbons (Fsp3) is 0.562. The lowest BCUT2D eigenvalue weighted by Gasteiger charge is -2.26. The van der Waals surface area contributed by atoms with Gasteiger partial charge in [-0.2, -0.15) is 0 Å². The molecule has 0 saturated carbocycles. The lowest BCUT2D eigenvalue weighted by molar-refractivity contribution is 0.0262. The Morgan fingerprint density at radius 1 is 1.32 bits per heavy atom. The maximum atomic E-state index is 12.0. The number of amides is 1. The number of aromatic hydroxyl groups is 2.